The van der Waals surface area contributed by atoms with Crippen LogP contribution in [0.25, 0.3) is 0 Å². The number of hydrogen-bond donors (Lipinski definition) is 2. The van der Waals surface area contributed by atoms with Gasteiger partial charge in [0.25, 0.3) is 0 Å². The second-order valence-corrected chi connectivity index (χ2v) is 6.12. The Morgan fingerprint density at radius 1 is 0.857 bits per heavy atom. The number of nitrogens with one attached hydrogen (secondary N) is 2. The lowest BCUT2D eigenvalue weighted by molar-refractivity contribution is 0.749. The molecule has 0 fully saturated rings. The fourth-order valence-electron chi connectivity index (χ4n) is 2.64. The van der Waals surface area contributed by atoms with Crippen molar-refractivity contribution in [3.05, 3.63) is 53.6 Å². The summed E-state index contributed by atoms with van der Waals surface area (Å²) in [6, 6.07) is 14.5. The summed E-state index contributed by atoms with van der Waals surface area (Å²) in [5, 5.41) is 7.03. The van der Waals surface area contributed by atoms with Crippen LogP contribution in [-0.4, -0.2) is 11.4 Å². The molecule has 1 heterocycles. The zero-order valence-corrected chi connectivity index (χ0v) is 13.0. The van der Waals surface area contributed by atoms with E-state index in [0.717, 1.165) is 22.9 Å². The van der Waals surface area contributed by atoms with Crippen molar-refractivity contribution in [1.82, 2.24) is 0 Å². The van der Waals surface area contributed by atoms with Crippen LogP contribution in [0.4, 0.5) is 17.1 Å². The lowest BCUT2D eigenvalue weighted by atomic mass is 9.98. The van der Waals surface area contributed by atoms with E-state index in [9.17, 15) is 0 Å². The third-order valence-electron chi connectivity index (χ3n) is 3.88. The first-order chi connectivity index (χ1) is 9.97. The second kappa shape index (κ2) is 4.92. The van der Waals surface area contributed by atoms with Crippen molar-refractivity contribution in [3.63, 3.8) is 0 Å². The summed E-state index contributed by atoms with van der Waals surface area (Å²) < 4.78 is 0. The molecule has 3 nitrogen and oxygen atoms in total. The first-order valence-electron chi connectivity index (χ1n) is 7.27. The molecule has 108 valence electrons. The van der Waals surface area contributed by atoms with Gasteiger partial charge in [0.2, 0.25) is 0 Å². The number of hydrogen-bond acceptors (Lipinski definition) is 2. The number of benzene rings is 2. The van der Waals surface area contributed by atoms with Crippen molar-refractivity contribution in [2.45, 2.75) is 33.2 Å². The van der Waals surface area contributed by atoms with Gasteiger partial charge in [-0.05, 0) is 51.0 Å². The largest absolute Gasteiger partial charge is 0.371 e. The van der Waals surface area contributed by atoms with Crippen molar-refractivity contribution in [3.8, 4) is 0 Å². The molecule has 21 heavy (non-hydrogen) atoms. The van der Waals surface area contributed by atoms with Gasteiger partial charge in [0.15, 0.2) is 0 Å². The maximum atomic E-state index is 4.91. The molecule has 0 spiro atoms. The van der Waals surface area contributed by atoms with Gasteiger partial charge in [0.05, 0.1) is 22.6 Å². The number of para-hydroxylation sites is 3. The highest BCUT2D eigenvalue weighted by Gasteiger charge is 2.30. The Morgan fingerprint density at radius 3 is 2.14 bits per heavy atom. The van der Waals surface area contributed by atoms with E-state index in [-0.39, 0.29) is 5.54 Å². The van der Waals surface area contributed by atoms with Gasteiger partial charge in [-0.3, -0.25) is 0 Å². The first-order valence-corrected chi connectivity index (χ1v) is 7.27. The minimum Gasteiger partial charge on any atom is -0.371 e. The van der Waals surface area contributed by atoms with E-state index in [4.69, 9.17) is 4.99 Å². The number of anilines is 2. The minimum atomic E-state index is -0.233. The van der Waals surface area contributed by atoms with E-state index in [1.807, 2.05) is 12.1 Å². The van der Waals surface area contributed by atoms with Gasteiger partial charge in [-0.15, -0.1) is 0 Å². The molecule has 0 atom stereocenters. The average Bonchev–Trinajstić information content (AvgIpc) is 2.42. The Labute approximate surface area is 126 Å². The molecule has 0 aromatic heterocycles. The van der Waals surface area contributed by atoms with Crippen LogP contribution in [0.3, 0.4) is 0 Å². The Balaban J connectivity index is 2.08. The maximum absolute atomic E-state index is 4.91. The van der Waals surface area contributed by atoms with Crippen LogP contribution in [0.2, 0.25) is 0 Å². The zero-order chi connectivity index (χ0) is 15.0. The van der Waals surface area contributed by atoms with Crippen LogP contribution in [0.5, 0.6) is 0 Å². The molecule has 2 aromatic carbocycles. The quantitative estimate of drug-likeness (QED) is 0.797. The molecule has 0 saturated heterocycles. The number of aliphatic imine (C=N–C) groups is 1. The fraction of sp³-hybridized carbons (Fsp3) is 0.278. The zero-order valence-electron chi connectivity index (χ0n) is 13.0. The van der Waals surface area contributed by atoms with Crippen LogP contribution in [0.1, 0.15) is 25.0 Å². The summed E-state index contributed by atoms with van der Waals surface area (Å²) >= 11 is 0. The maximum Gasteiger partial charge on any atom is 0.132 e. The number of nitrogens with zero attached hydrogens (tertiary/aromatic N) is 1. The number of amidine groups is 1. The average molecular weight is 279 g/mol. The normalized spacial score (nSPS) is 17.8. The topological polar surface area (TPSA) is 36.4 Å². The Kier molecular flexibility index (Phi) is 3.20. The van der Waals surface area contributed by atoms with Gasteiger partial charge in [-0.25, -0.2) is 4.99 Å². The van der Waals surface area contributed by atoms with E-state index < -0.39 is 0 Å². The summed E-state index contributed by atoms with van der Waals surface area (Å²) in [5.74, 6) is 0.943. The monoisotopic (exact) mass is 279 g/mol. The summed E-state index contributed by atoms with van der Waals surface area (Å²) in [6.07, 6.45) is 0. The summed E-state index contributed by atoms with van der Waals surface area (Å²) in [6.45, 7) is 8.48. The van der Waals surface area contributed by atoms with Crippen molar-refractivity contribution < 1.29 is 0 Å². The molecule has 0 aliphatic carbocycles. The Morgan fingerprint density at radius 2 is 1.48 bits per heavy atom. The van der Waals surface area contributed by atoms with Gasteiger partial charge in [0.1, 0.15) is 5.84 Å². The third-order valence-corrected chi connectivity index (χ3v) is 3.88. The summed E-state index contributed by atoms with van der Waals surface area (Å²) in [4.78, 5) is 4.91. The number of rotatable bonds is 1. The van der Waals surface area contributed by atoms with E-state index in [1.165, 1.54) is 11.1 Å². The van der Waals surface area contributed by atoms with Crippen LogP contribution in [0.15, 0.2) is 47.5 Å². The lowest BCUT2D eigenvalue weighted by Gasteiger charge is -2.36. The van der Waals surface area contributed by atoms with Gasteiger partial charge < -0.3 is 10.6 Å². The van der Waals surface area contributed by atoms with Crippen molar-refractivity contribution in [2.75, 3.05) is 10.6 Å². The van der Waals surface area contributed by atoms with Crippen molar-refractivity contribution in [2.24, 2.45) is 4.99 Å². The van der Waals surface area contributed by atoms with Gasteiger partial charge in [0, 0.05) is 0 Å². The molecule has 0 bridgehead atoms. The van der Waals surface area contributed by atoms with Crippen LogP contribution < -0.4 is 10.6 Å². The minimum absolute atomic E-state index is 0.233. The van der Waals surface area contributed by atoms with E-state index in [0.29, 0.717) is 0 Å². The Bertz CT molecular complexity index is 694. The fourth-order valence-corrected chi connectivity index (χ4v) is 2.64. The number of aryl methyl sites for hydroxylation is 2. The smallest absolute Gasteiger partial charge is 0.132 e. The molecule has 0 saturated carbocycles. The van der Waals surface area contributed by atoms with Gasteiger partial charge in [-0.1, -0.05) is 30.3 Å². The molecule has 0 unspecified atom stereocenters. The van der Waals surface area contributed by atoms with E-state index in [1.54, 1.807) is 0 Å². The van der Waals surface area contributed by atoms with Crippen LogP contribution >= 0.6 is 0 Å². The lowest BCUT2D eigenvalue weighted by Crippen LogP contribution is -2.47. The molecule has 3 rings (SSSR count). The highest BCUT2D eigenvalue weighted by Crippen LogP contribution is 2.33. The first kappa shape index (κ1) is 13.7. The van der Waals surface area contributed by atoms with Gasteiger partial charge in [-0.2, -0.15) is 0 Å². The molecule has 1 aliphatic rings. The molecule has 0 amide bonds. The highest BCUT2D eigenvalue weighted by atomic mass is 15.2. The van der Waals surface area contributed by atoms with Crippen molar-refractivity contribution >= 4 is 22.9 Å². The predicted octanol–water partition coefficient (Wildman–Crippen LogP) is 4.65. The molecular weight excluding hydrogens is 258 g/mol. The molecule has 1 aliphatic heterocycles. The third kappa shape index (κ3) is 2.51. The molecule has 3 heteroatoms. The summed E-state index contributed by atoms with van der Waals surface area (Å²) in [7, 11) is 0. The van der Waals surface area contributed by atoms with Crippen LogP contribution in [-0.2, 0) is 0 Å². The SMILES string of the molecule is Cc1cccc(C)c1N=C1Nc2ccccc2NC1(C)C. The van der Waals surface area contributed by atoms with Crippen LogP contribution in [0, 0.1) is 13.8 Å². The second-order valence-electron chi connectivity index (χ2n) is 6.12. The Hall–Kier alpha value is -2.29. The highest BCUT2D eigenvalue weighted by molar-refractivity contribution is 6.10. The molecule has 2 aromatic rings. The van der Waals surface area contributed by atoms with E-state index >= 15 is 0 Å². The predicted molar refractivity (Wildman–Crippen MR) is 90.8 cm³/mol. The molecule has 0 radical (unpaired) electrons. The number of fused-ring (bicyclic) bond motifs is 1. The van der Waals surface area contributed by atoms with Crippen molar-refractivity contribution in [1.29, 1.82) is 0 Å². The van der Waals surface area contributed by atoms with E-state index in [2.05, 4.69) is 68.7 Å². The molecular formula is C18H21N3. The summed E-state index contributed by atoms with van der Waals surface area (Å²) in [5.41, 5.74) is 5.39. The van der Waals surface area contributed by atoms with Gasteiger partial charge >= 0.3 is 0 Å². The standard InChI is InChI=1S/C18H21N3/c1-12-8-7-9-13(2)16(12)20-17-18(3,4)21-15-11-6-5-10-14(15)19-17/h5-11,21H,1-4H3,(H,19,20). The molecule has 2 N–H and O–H groups in total.